The monoisotopic (exact) mass is 279 g/mol. The van der Waals surface area contributed by atoms with Crippen molar-refractivity contribution in [3.63, 3.8) is 0 Å². The van der Waals surface area contributed by atoms with Crippen LogP contribution in [-0.4, -0.2) is 25.0 Å². The predicted molar refractivity (Wildman–Crippen MR) is 82.8 cm³/mol. The van der Waals surface area contributed by atoms with E-state index in [1.165, 1.54) is 29.7 Å². The first-order valence-corrected chi connectivity index (χ1v) is 8.25. The summed E-state index contributed by atoms with van der Waals surface area (Å²) in [5.74, 6) is 0. The maximum absolute atomic E-state index is 5.55. The summed E-state index contributed by atoms with van der Waals surface area (Å²) in [6, 6.07) is 9.37. The quantitative estimate of drug-likeness (QED) is 0.850. The Bertz CT molecular complexity index is 377. The molecule has 1 heterocycles. The average Bonchev–Trinajstić information content (AvgIpc) is 2.46. The minimum absolute atomic E-state index is 0.433. The van der Waals surface area contributed by atoms with E-state index in [1.54, 1.807) is 0 Å². The van der Waals surface area contributed by atoms with Gasteiger partial charge in [-0.3, -0.25) is 0 Å². The number of hydrogen-bond acceptors (Lipinski definition) is 3. The zero-order chi connectivity index (χ0) is 13.5. The van der Waals surface area contributed by atoms with Gasteiger partial charge in [-0.25, -0.2) is 0 Å². The number of thioether (sulfide) groups is 1. The van der Waals surface area contributed by atoms with Crippen molar-refractivity contribution in [1.82, 2.24) is 5.32 Å². The summed E-state index contributed by atoms with van der Waals surface area (Å²) in [4.78, 5) is 1.37. The molecule has 3 heteroatoms. The molecular weight excluding hydrogens is 254 g/mol. The van der Waals surface area contributed by atoms with E-state index in [4.69, 9.17) is 4.74 Å². The molecule has 106 valence electrons. The minimum atomic E-state index is 0.433. The van der Waals surface area contributed by atoms with Gasteiger partial charge in [-0.15, -0.1) is 11.8 Å². The molecule has 0 bridgehead atoms. The highest BCUT2D eigenvalue weighted by Crippen LogP contribution is 2.30. The van der Waals surface area contributed by atoms with Crippen molar-refractivity contribution < 1.29 is 4.74 Å². The van der Waals surface area contributed by atoms with Crippen LogP contribution in [0.4, 0.5) is 0 Å². The second-order valence-corrected chi connectivity index (χ2v) is 6.58. The van der Waals surface area contributed by atoms with E-state index in [-0.39, 0.29) is 0 Å². The van der Waals surface area contributed by atoms with E-state index in [1.807, 2.05) is 11.8 Å². The van der Waals surface area contributed by atoms with Crippen molar-refractivity contribution in [1.29, 1.82) is 0 Å². The maximum atomic E-state index is 5.55. The molecule has 2 rings (SSSR count). The van der Waals surface area contributed by atoms with E-state index >= 15 is 0 Å². The molecule has 2 atom stereocenters. The van der Waals surface area contributed by atoms with Gasteiger partial charge in [-0.1, -0.05) is 19.1 Å². The number of ether oxygens (including phenoxy) is 1. The van der Waals surface area contributed by atoms with E-state index < -0.39 is 0 Å². The highest BCUT2D eigenvalue weighted by Gasteiger charge is 2.15. The Morgan fingerprint density at radius 1 is 1.47 bits per heavy atom. The molecule has 1 aromatic carbocycles. The molecule has 2 unspecified atom stereocenters. The van der Waals surface area contributed by atoms with Crippen LogP contribution >= 0.6 is 11.8 Å². The van der Waals surface area contributed by atoms with Gasteiger partial charge in [0, 0.05) is 22.8 Å². The fourth-order valence-electron chi connectivity index (χ4n) is 2.33. The van der Waals surface area contributed by atoms with Crippen LogP contribution in [0.1, 0.15) is 44.7 Å². The van der Waals surface area contributed by atoms with Gasteiger partial charge in [0.2, 0.25) is 0 Å². The van der Waals surface area contributed by atoms with Crippen molar-refractivity contribution >= 4 is 11.8 Å². The third-order valence-electron chi connectivity index (χ3n) is 3.48. The van der Waals surface area contributed by atoms with Gasteiger partial charge in [-0.2, -0.15) is 0 Å². The van der Waals surface area contributed by atoms with Gasteiger partial charge in [0.25, 0.3) is 0 Å². The van der Waals surface area contributed by atoms with Gasteiger partial charge in [0.15, 0.2) is 0 Å². The summed E-state index contributed by atoms with van der Waals surface area (Å²) >= 11 is 1.97. The van der Waals surface area contributed by atoms with Crippen LogP contribution in [0, 0.1) is 0 Å². The van der Waals surface area contributed by atoms with Crippen molar-refractivity contribution in [3.05, 3.63) is 29.8 Å². The lowest BCUT2D eigenvalue weighted by Gasteiger charge is -2.22. The van der Waals surface area contributed by atoms with Crippen LogP contribution in [0.5, 0.6) is 0 Å². The molecule has 1 fully saturated rings. The van der Waals surface area contributed by atoms with Gasteiger partial charge in [0.1, 0.15) is 0 Å². The second-order valence-electron chi connectivity index (χ2n) is 5.21. The van der Waals surface area contributed by atoms with Crippen LogP contribution in [-0.2, 0) is 4.74 Å². The SMILES string of the molecule is CCCNC(C)c1cccc(SC2CCCOC2)c1. The molecule has 0 aromatic heterocycles. The lowest BCUT2D eigenvalue weighted by molar-refractivity contribution is 0.101. The van der Waals surface area contributed by atoms with Gasteiger partial charge >= 0.3 is 0 Å². The summed E-state index contributed by atoms with van der Waals surface area (Å²) in [6.45, 7) is 7.36. The molecule has 1 saturated heterocycles. The fraction of sp³-hybridized carbons (Fsp3) is 0.625. The Kier molecular flexibility index (Phi) is 6.21. The molecule has 19 heavy (non-hydrogen) atoms. The molecule has 0 radical (unpaired) electrons. The predicted octanol–water partition coefficient (Wildman–Crippen LogP) is 4.02. The molecule has 1 aliphatic rings. The summed E-state index contributed by atoms with van der Waals surface area (Å²) in [7, 11) is 0. The third kappa shape index (κ3) is 4.83. The molecule has 0 aliphatic carbocycles. The zero-order valence-electron chi connectivity index (χ0n) is 12.0. The summed E-state index contributed by atoms with van der Waals surface area (Å²) < 4.78 is 5.55. The molecule has 0 saturated carbocycles. The van der Waals surface area contributed by atoms with Crippen molar-refractivity contribution in [2.45, 2.75) is 49.3 Å². The highest BCUT2D eigenvalue weighted by atomic mass is 32.2. The molecule has 0 spiro atoms. The summed E-state index contributed by atoms with van der Waals surface area (Å²) in [5.41, 5.74) is 1.38. The Balaban J connectivity index is 1.93. The molecule has 0 amide bonds. The summed E-state index contributed by atoms with van der Waals surface area (Å²) in [5, 5.41) is 4.17. The Labute approximate surface area is 121 Å². The van der Waals surface area contributed by atoms with Crippen LogP contribution < -0.4 is 5.32 Å². The Hall–Kier alpha value is -0.510. The zero-order valence-corrected chi connectivity index (χ0v) is 12.8. The van der Waals surface area contributed by atoms with E-state index in [9.17, 15) is 0 Å². The first-order valence-electron chi connectivity index (χ1n) is 7.37. The van der Waals surface area contributed by atoms with E-state index in [0.29, 0.717) is 11.3 Å². The van der Waals surface area contributed by atoms with Crippen LogP contribution in [0.2, 0.25) is 0 Å². The van der Waals surface area contributed by atoms with Crippen LogP contribution in [0.25, 0.3) is 0 Å². The molecular formula is C16H25NOS. The number of rotatable bonds is 6. The number of benzene rings is 1. The molecule has 1 N–H and O–H groups in total. The minimum Gasteiger partial charge on any atom is -0.380 e. The Morgan fingerprint density at radius 3 is 3.11 bits per heavy atom. The van der Waals surface area contributed by atoms with Crippen molar-refractivity contribution in [2.24, 2.45) is 0 Å². The van der Waals surface area contributed by atoms with Crippen molar-refractivity contribution in [2.75, 3.05) is 19.8 Å². The van der Waals surface area contributed by atoms with Crippen molar-refractivity contribution in [3.8, 4) is 0 Å². The molecule has 1 aliphatic heterocycles. The third-order valence-corrected chi connectivity index (χ3v) is 4.71. The standard InChI is InChI=1S/C16H25NOS/c1-3-9-17-13(2)14-6-4-7-15(11-14)19-16-8-5-10-18-12-16/h4,6-7,11,13,16-17H,3,5,8-10,12H2,1-2H3. The Morgan fingerprint density at radius 2 is 2.37 bits per heavy atom. The van der Waals surface area contributed by atoms with E-state index in [0.717, 1.165) is 19.8 Å². The van der Waals surface area contributed by atoms with Crippen LogP contribution in [0.3, 0.4) is 0 Å². The maximum Gasteiger partial charge on any atom is 0.0588 e. The largest absolute Gasteiger partial charge is 0.380 e. The highest BCUT2D eigenvalue weighted by molar-refractivity contribution is 8.00. The van der Waals surface area contributed by atoms with Gasteiger partial charge in [-0.05, 0) is 50.4 Å². The lowest BCUT2D eigenvalue weighted by Crippen LogP contribution is -2.20. The van der Waals surface area contributed by atoms with Gasteiger partial charge < -0.3 is 10.1 Å². The fourth-order valence-corrected chi connectivity index (χ4v) is 3.53. The van der Waals surface area contributed by atoms with Crippen LogP contribution in [0.15, 0.2) is 29.2 Å². The van der Waals surface area contributed by atoms with E-state index in [2.05, 4.69) is 43.4 Å². The second kappa shape index (κ2) is 7.93. The normalized spacial score (nSPS) is 21.3. The number of nitrogens with one attached hydrogen (secondary N) is 1. The first-order chi connectivity index (χ1) is 9.29. The average molecular weight is 279 g/mol. The molecule has 1 aromatic rings. The smallest absolute Gasteiger partial charge is 0.0588 e. The topological polar surface area (TPSA) is 21.3 Å². The van der Waals surface area contributed by atoms with Gasteiger partial charge in [0.05, 0.1) is 6.61 Å². The first kappa shape index (κ1) is 14.9. The molecule has 2 nitrogen and oxygen atoms in total. The lowest BCUT2D eigenvalue weighted by atomic mass is 10.1. The summed E-state index contributed by atoms with van der Waals surface area (Å²) in [6.07, 6.45) is 3.66. The number of hydrogen-bond donors (Lipinski definition) is 1.